The van der Waals surface area contributed by atoms with Crippen molar-refractivity contribution in [3.63, 3.8) is 0 Å². The Morgan fingerprint density at radius 1 is 1.27 bits per heavy atom. The van der Waals surface area contributed by atoms with Crippen molar-refractivity contribution >= 4 is 23.2 Å². The second-order valence-electron chi connectivity index (χ2n) is 2.34. The van der Waals surface area contributed by atoms with E-state index >= 15 is 0 Å². The van der Waals surface area contributed by atoms with Gasteiger partial charge in [-0.3, -0.25) is 0 Å². The van der Waals surface area contributed by atoms with Gasteiger partial charge in [-0.15, -0.1) is 0 Å². The van der Waals surface area contributed by atoms with Gasteiger partial charge in [-0.1, -0.05) is 23.2 Å². The molecule has 1 aromatic rings. The molecule has 0 unspecified atom stereocenters. The van der Waals surface area contributed by atoms with Crippen molar-refractivity contribution in [1.29, 1.82) is 0 Å². The van der Waals surface area contributed by atoms with Gasteiger partial charge in [-0.2, -0.15) is 0 Å². The van der Waals surface area contributed by atoms with E-state index in [0.29, 0.717) is 10.0 Å². The minimum atomic E-state index is -0.0281. The molecular weight excluding hydrogens is 183 g/mol. The highest BCUT2D eigenvalue weighted by atomic mass is 35.5. The third-order valence-electron chi connectivity index (χ3n) is 1.52. The first-order valence-corrected chi connectivity index (χ1v) is 3.96. The third-order valence-corrected chi connectivity index (χ3v) is 2.31. The minimum absolute atomic E-state index is 0.0281. The van der Waals surface area contributed by atoms with E-state index in [4.69, 9.17) is 28.3 Å². The molecule has 0 saturated heterocycles. The Morgan fingerprint density at radius 3 is 2.09 bits per heavy atom. The van der Waals surface area contributed by atoms with Crippen LogP contribution < -0.4 is 0 Å². The molecule has 0 aliphatic rings. The van der Waals surface area contributed by atoms with Gasteiger partial charge in [0.15, 0.2) is 0 Å². The zero-order valence-corrected chi connectivity index (χ0v) is 7.58. The number of hydrogen-bond acceptors (Lipinski definition) is 1. The molecule has 1 N–H and O–H groups in total. The van der Waals surface area contributed by atoms with Crippen molar-refractivity contribution in [2.75, 3.05) is 0 Å². The highest BCUT2D eigenvalue weighted by Crippen LogP contribution is 2.25. The highest BCUT2D eigenvalue weighted by Gasteiger charge is 2.02. The van der Waals surface area contributed by atoms with Gasteiger partial charge in [0.25, 0.3) is 0 Å². The summed E-state index contributed by atoms with van der Waals surface area (Å²) in [5.41, 5.74) is 1.59. The molecule has 0 fully saturated rings. The van der Waals surface area contributed by atoms with E-state index in [-0.39, 0.29) is 6.61 Å². The van der Waals surface area contributed by atoms with Crippen LogP contribution in [-0.4, -0.2) is 5.11 Å². The van der Waals surface area contributed by atoms with Crippen LogP contribution >= 0.6 is 23.2 Å². The Morgan fingerprint density at radius 2 is 1.73 bits per heavy atom. The summed E-state index contributed by atoms with van der Waals surface area (Å²) in [5, 5.41) is 9.96. The van der Waals surface area contributed by atoms with Crippen molar-refractivity contribution in [2.45, 2.75) is 13.5 Å². The van der Waals surface area contributed by atoms with E-state index < -0.39 is 0 Å². The van der Waals surface area contributed by atoms with Crippen LogP contribution in [0.1, 0.15) is 11.1 Å². The van der Waals surface area contributed by atoms with Gasteiger partial charge in [0.2, 0.25) is 0 Å². The molecule has 1 nitrogen and oxygen atoms in total. The number of aliphatic hydroxyl groups is 1. The van der Waals surface area contributed by atoms with Gasteiger partial charge in [-0.25, -0.2) is 0 Å². The average molecular weight is 191 g/mol. The fourth-order valence-electron chi connectivity index (χ4n) is 0.789. The second kappa shape index (κ2) is 3.44. The molecule has 0 atom stereocenters. The Balaban J connectivity index is 3.21. The fourth-order valence-corrected chi connectivity index (χ4v) is 1.32. The maximum absolute atomic E-state index is 8.76. The number of halogens is 2. The lowest BCUT2D eigenvalue weighted by Gasteiger charge is -2.03. The van der Waals surface area contributed by atoms with Gasteiger partial charge in [-0.05, 0) is 30.2 Å². The van der Waals surface area contributed by atoms with Crippen LogP contribution in [0.2, 0.25) is 10.0 Å². The normalized spacial score (nSPS) is 10.2. The van der Waals surface area contributed by atoms with Crippen LogP contribution in [0.5, 0.6) is 0 Å². The Labute approximate surface area is 75.6 Å². The van der Waals surface area contributed by atoms with E-state index in [1.165, 1.54) is 0 Å². The maximum atomic E-state index is 8.76. The second-order valence-corrected chi connectivity index (χ2v) is 3.16. The molecule has 60 valence electrons. The van der Waals surface area contributed by atoms with E-state index in [1.54, 1.807) is 12.1 Å². The summed E-state index contributed by atoms with van der Waals surface area (Å²) < 4.78 is 0. The lowest BCUT2D eigenvalue weighted by Crippen LogP contribution is -1.85. The fraction of sp³-hybridized carbons (Fsp3) is 0.250. The quantitative estimate of drug-likeness (QED) is 0.723. The molecule has 0 amide bonds. The summed E-state index contributed by atoms with van der Waals surface area (Å²) in [6.07, 6.45) is 0. The van der Waals surface area contributed by atoms with E-state index in [9.17, 15) is 0 Å². The summed E-state index contributed by atoms with van der Waals surface area (Å²) in [6, 6.07) is 3.42. The molecule has 0 saturated carbocycles. The average Bonchev–Trinajstić information content (AvgIpc) is 1.99. The van der Waals surface area contributed by atoms with Gasteiger partial charge in [0.05, 0.1) is 6.61 Å². The van der Waals surface area contributed by atoms with Gasteiger partial charge in [0.1, 0.15) is 0 Å². The molecule has 0 heterocycles. The smallest absolute Gasteiger partial charge is 0.0682 e. The Bertz CT molecular complexity index is 248. The van der Waals surface area contributed by atoms with Crippen molar-refractivity contribution in [3.05, 3.63) is 33.3 Å². The van der Waals surface area contributed by atoms with Crippen molar-refractivity contribution in [1.82, 2.24) is 0 Å². The first-order chi connectivity index (χ1) is 5.15. The number of rotatable bonds is 1. The molecule has 11 heavy (non-hydrogen) atoms. The lowest BCUT2D eigenvalue weighted by molar-refractivity contribution is 0.282. The third kappa shape index (κ3) is 1.86. The Kier molecular flexibility index (Phi) is 2.77. The van der Waals surface area contributed by atoms with Crippen LogP contribution in [0.4, 0.5) is 0 Å². The summed E-state index contributed by atoms with van der Waals surface area (Å²) in [6.45, 7) is 1.81. The van der Waals surface area contributed by atoms with Crippen molar-refractivity contribution in [2.24, 2.45) is 0 Å². The molecular formula is C8H8Cl2O. The SMILES string of the molecule is Cc1c(Cl)cc(CO)cc1Cl. The molecule has 0 bridgehead atoms. The predicted molar refractivity (Wildman–Crippen MR) is 47.1 cm³/mol. The molecule has 3 heteroatoms. The highest BCUT2D eigenvalue weighted by molar-refractivity contribution is 6.36. The van der Waals surface area contributed by atoms with Gasteiger partial charge in [0, 0.05) is 10.0 Å². The number of hydrogen-bond donors (Lipinski definition) is 1. The summed E-state index contributed by atoms with van der Waals surface area (Å²) in [4.78, 5) is 0. The first kappa shape index (κ1) is 8.85. The van der Waals surface area contributed by atoms with Crippen LogP contribution in [0, 0.1) is 6.92 Å². The number of benzene rings is 1. The van der Waals surface area contributed by atoms with E-state index in [0.717, 1.165) is 11.1 Å². The monoisotopic (exact) mass is 190 g/mol. The molecule has 1 aromatic carbocycles. The molecule has 0 aliphatic carbocycles. The number of aliphatic hydroxyl groups excluding tert-OH is 1. The van der Waals surface area contributed by atoms with Gasteiger partial charge < -0.3 is 5.11 Å². The van der Waals surface area contributed by atoms with Crippen molar-refractivity contribution < 1.29 is 5.11 Å². The largest absolute Gasteiger partial charge is 0.392 e. The van der Waals surface area contributed by atoms with Crippen LogP contribution in [-0.2, 0) is 6.61 Å². The predicted octanol–water partition coefficient (Wildman–Crippen LogP) is 2.79. The van der Waals surface area contributed by atoms with Gasteiger partial charge >= 0.3 is 0 Å². The van der Waals surface area contributed by atoms with E-state index in [2.05, 4.69) is 0 Å². The van der Waals surface area contributed by atoms with Crippen LogP contribution in [0.25, 0.3) is 0 Å². The zero-order valence-electron chi connectivity index (χ0n) is 6.06. The molecule has 0 aliphatic heterocycles. The van der Waals surface area contributed by atoms with Crippen LogP contribution in [0.3, 0.4) is 0 Å². The Hall–Kier alpha value is -0.240. The molecule has 1 rings (SSSR count). The molecule has 0 aromatic heterocycles. The first-order valence-electron chi connectivity index (χ1n) is 3.20. The zero-order chi connectivity index (χ0) is 8.43. The maximum Gasteiger partial charge on any atom is 0.0682 e. The summed E-state index contributed by atoms with van der Waals surface area (Å²) >= 11 is 11.6. The molecule has 0 spiro atoms. The topological polar surface area (TPSA) is 20.2 Å². The van der Waals surface area contributed by atoms with Crippen LogP contribution in [0.15, 0.2) is 12.1 Å². The summed E-state index contributed by atoms with van der Waals surface area (Å²) in [7, 11) is 0. The van der Waals surface area contributed by atoms with Crippen molar-refractivity contribution in [3.8, 4) is 0 Å². The standard InChI is InChI=1S/C8H8Cl2O/c1-5-7(9)2-6(4-11)3-8(5)10/h2-3,11H,4H2,1H3. The summed E-state index contributed by atoms with van der Waals surface area (Å²) in [5.74, 6) is 0. The van der Waals surface area contributed by atoms with E-state index in [1.807, 2.05) is 6.92 Å². The molecule has 0 radical (unpaired) electrons. The lowest BCUT2D eigenvalue weighted by atomic mass is 10.1. The minimum Gasteiger partial charge on any atom is -0.392 e.